The number of hydrogen-bond acceptors (Lipinski definition) is 5. The maximum Gasteiger partial charge on any atom is 0.227 e. The van der Waals surface area contributed by atoms with Gasteiger partial charge < -0.3 is 30.1 Å². The third-order valence-corrected chi connectivity index (χ3v) is 8.40. The van der Waals surface area contributed by atoms with Crippen molar-refractivity contribution >= 4 is 28.6 Å². The van der Waals surface area contributed by atoms with Crippen molar-refractivity contribution in [3.63, 3.8) is 0 Å². The summed E-state index contributed by atoms with van der Waals surface area (Å²) in [4.78, 5) is 42.2. The molecule has 3 heterocycles. The second-order valence-electron chi connectivity index (χ2n) is 11.2. The molecule has 1 aliphatic carbocycles. The first kappa shape index (κ1) is 26.7. The largest absolute Gasteiger partial charge is 0.396 e. The highest BCUT2D eigenvalue weighted by atomic mass is 16.3. The van der Waals surface area contributed by atoms with Crippen LogP contribution in [0.1, 0.15) is 51.0 Å². The molecule has 3 amide bonds. The van der Waals surface area contributed by atoms with E-state index in [4.69, 9.17) is 0 Å². The number of benzene rings is 1. The Hall–Kier alpha value is -2.91. The number of nitrogens with zero attached hydrogens (tertiary/aromatic N) is 3. The lowest BCUT2D eigenvalue weighted by Gasteiger charge is -2.35. The number of hydrogen-bond donors (Lipinski definition) is 3. The van der Waals surface area contributed by atoms with Gasteiger partial charge >= 0.3 is 0 Å². The minimum Gasteiger partial charge on any atom is -0.396 e. The number of nitrogens with one attached hydrogen (secondary N) is 2. The number of carbonyl (C=O) groups is 3. The van der Waals surface area contributed by atoms with Gasteiger partial charge in [0.2, 0.25) is 17.7 Å². The lowest BCUT2D eigenvalue weighted by atomic mass is 9.92. The maximum absolute atomic E-state index is 13.8. The monoisotopic (exact) mass is 523 g/mol. The Morgan fingerprint density at radius 2 is 1.84 bits per heavy atom. The maximum atomic E-state index is 13.8. The van der Waals surface area contributed by atoms with Crippen LogP contribution in [0.4, 0.5) is 0 Å². The van der Waals surface area contributed by atoms with Gasteiger partial charge in [-0.3, -0.25) is 14.4 Å². The molecular weight excluding hydrogens is 482 g/mol. The molecule has 5 rings (SSSR count). The number of amides is 3. The van der Waals surface area contributed by atoms with Crippen molar-refractivity contribution in [2.75, 3.05) is 32.8 Å². The van der Waals surface area contributed by atoms with Crippen LogP contribution < -0.4 is 10.6 Å². The van der Waals surface area contributed by atoms with Crippen LogP contribution in [0.15, 0.2) is 30.5 Å². The number of aromatic nitrogens is 1. The zero-order valence-corrected chi connectivity index (χ0v) is 22.4. The number of rotatable bonds is 9. The minimum absolute atomic E-state index is 0.0443. The Bertz CT molecular complexity index is 1150. The fraction of sp³-hybridized carbons (Fsp3) is 0.621. The molecule has 2 aliphatic heterocycles. The lowest BCUT2D eigenvalue weighted by Crippen LogP contribution is -2.54. The van der Waals surface area contributed by atoms with Gasteiger partial charge in [-0.15, -0.1) is 0 Å². The summed E-state index contributed by atoms with van der Waals surface area (Å²) in [6.07, 6.45) is 6.93. The molecule has 1 saturated carbocycles. The van der Waals surface area contributed by atoms with E-state index in [9.17, 15) is 19.5 Å². The van der Waals surface area contributed by atoms with Gasteiger partial charge in [0.05, 0.1) is 5.92 Å². The summed E-state index contributed by atoms with van der Waals surface area (Å²) in [5.74, 6) is 0.0325. The highest BCUT2D eigenvalue weighted by Crippen LogP contribution is 2.33. The Morgan fingerprint density at radius 3 is 2.55 bits per heavy atom. The topological polar surface area (TPSA) is 107 Å². The van der Waals surface area contributed by atoms with Crippen molar-refractivity contribution in [3.05, 3.63) is 36.0 Å². The van der Waals surface area contributed by atoms with E-state index in [0.29, 0.717) is 58.4 Å². The van der Waals surface area contributed by atoms with Crippen LogP contribution in [-0.2, 0) is 27.5 Å². The summed E-state index contributed by atoms with van der Waals surface area (Å²) in [7, 11) is 0. The first-order valence-corrected chi connectivity index (χ1v) is 14.2. The van der Waals surface area contributed by atoms with Crippen molar-refractivity contribution in [2.45, 2.75) is 70.6 Å². The summed E-state index contributed by atoms with van der Waals surface area (Å²) >= 11 is 0. The van der Waals surface area contributed by atoms with Crippen LogP contribution in [0.5, 0.6) is 0 Å². The van der Waals surface area contributed by atoms with Crippen LogP contribution in [0.2, 0.25) is 0 Å². The van der Waals surface area contributed by atoms with Crippen molar-refractivity contribution < 1.29 is 19.5 Å². The molecule has 9 heteroatoms. The Kier molecular flexibility index (Phi) is 8.33. The standard InChI is InChI=1S/C29H41N5O4/c1-20(36)32-12-9-21(10-13-32)28(37)31-24-15-22(16-30-17-24)29(38)34(25-7-8-25)19-23-18-33(11-4-14-35)27-6-3-2-5-26(23)27/h2-3,5-6,18,21-22,24-25,30,35H,4,7-17,19H2,1H3,(H,31,37). The number of likely N-dealkylation sites (tertiary alicyclic amines) is 1. The quantitative estimate of drug-likeness (QED) is 0.465. The van der Waals surface area contributed by atoms with Gasteiger partial charge in [-0.05, 0) is 50.2 Å². The third-order valence-electron chi connectivity index (χ3n) is 8.40. The SMILES string of the molecule is CC(=O)N1CCC(C(=O)NC2CNCC(C(=O)N(Cc3cn(CCCO)c4ccccc34)C3CC3)C2)CC1. The van der Waals surface area contributed by atoms with Crippen LogP contribution in [0.25, 0.3) is 10.9 Å². The molecule has 3 fully saturated rings. The van der Waals surface area contributed by atoms with Crippen LogP contribution in [-0.4, -0.2) is 82.1 Å². The fourth-order valence-electron chi connectivity index (χ4n) is 6.08. The van der Waals surface area contributed by atoms with Gasteiger partial charge in [0.25, 0.3) is 0 Å². The number of aryl methyl sites for hydroxylation is 1. The van der Waals surface area contributed by atoms with Gasteiger partial charge in [-0.1, -0.05) is 18.2 Å². The molecule has 0 radical (unpaired) electrons. The highest BCUT2D eigenvalue weighted by molar-refractivity contribution is 5.85. The van der Waals surface area contributed by atoms with E-state index in [1.54, 1.807) is 11.8 Å². The molecule has 1 aromatic heterocycles. The van der Waals surface area contributed by atoms with Gasteiger partial charge in [0.1, 0.15) is 0 Å². The van der Waals surface area contributed by atoms with Gasteiger partial charge in [0, 0.05) is 87.9 Å². The molecule has 2 unspecified atom stereocenters. The minimum atomic E-state index is -0.169. The zero-order valence-electron chi connectivity index (χ0n) is 22.4. The highest BCUT2D eigenvalue weighted by Gasteiger charge is 2.38. The zero-order chi connectivity index (χ0) is 26.6. The van der Waals surface area contributed by atoms with Gasteiger partial charge in [-0.2, -0.15) is 0 Å². The predicted octanol–water partition coefficient (Wildman–Crippen LogP) is 1.87. The molecule has 9 nitrogen and oxygen atoms in total. The second-order valence-corrected chi connectivity index (χ2v) is 11.2. The first-order valence-electron chi connectivity index (χ1n) is 14.2. The fourth-order valence-corrected chi connectivity index (χ4v) is 6.08. The Balaban J connectivity index is 1.22. The molecule has 0 spiro atoms. The van der Waals surface area contributed by atoms with E-state index in [2.05, 4.69) is 38.4 Å². The van der Waals surface area contributed by atoms with E-state index < -0.39 is 0 Å². The molecule has 2 atom stereocenters. The van der Waals surface area contributed by atoms with Crippen molar-refractivity contribution in [2.24, 2.45) is 11.8 Å². The molecule has 206 valence electrons. The smallest absolute Gasteiger partial charge is 0.227 e. The lowest BCUT2D eigenvalue weighted by molar-refractivity contribution is -0.138. The second kappa shape index (κ2) is 11.9. The number of piperidine rings is 2. The van der Waals surface area contributed by atoms with Crippen LogP contribution >= 0.6 is 0 Å². The molecule has 2 aromatic rings. The summed E-state index contributed by atoms with van der Waals surface area (Å²) in [5.41, 5.74) is 2.28. The third kappa shape index (κ3) is 6.04. The molecule has 0 bridgehead atoms. The van der Waals surface area contributed by atoms with Gasteiger partial charge in [0.15, 0.2) is 0 Å². The Morgan fingerprint density at radius 1 is 1.08 bits per heavy atom. The first-order chi connectivity index (χ1) is 18.4. The van der Waals surface area contributed by atoms with Crippen molar-refractivity contribution in [1.29, 1.82) is 0 Å². The normalized spacial score (nSPS) is 22.4. The van der Waals surface area contributed by atoms with Crippen molar-refractivity contribution in [3.8, 4) is 0 Å². The van der Waals surface area contributed by atoms with E-state index in [0.717, 1.165) is 35.9 Å². The molecule has 38 heavy (non-hydrogen) atoms. The summed E-state index contributed by atoms with van der Waals surface area (Å²) < 4.78 is 2.19. The van der Waals surface area contributed by atoms with E-state index >= 15 is 0 Å². The van der Waals surface area contributed by atoms with Crippen LogP contribution in [0.3, 0.4) is 0 Å². The summed E-state index contributed by atoms with van der Waals surface area (Å²) in [6, 6.07) is 8.49. The summed E-state index contributed by atoms with van der Waals surface area (Å²) in [6.45, 7) is 5.61. The molecule has 3 N–H and O–H groups in total. The average molecular weight is 524 g/mol. The number of fused-ring (bicyclic) bond motifs is 1. The number of aliphatic hydroxyl groups excluding tert-OH is 1. The molecular formula is C29H41N5O4. The molecule has 1 aromatic carbocycles. The van der Waals surface area contributed by atoms with E-state index in [1.807, 2.05) is 12.1 Å². The number of carbonyl (C=O) groups excluding carboxylic acids is 3. The van der Waals surface area contributed by atoms with E-state index in [1.165, 1.54) is 0 Å². The van der Waals surface area contributed by atoms with Crippen LogP contribution in [0, 0.1) is 11.8 Å². The molecule has 3 aliphatic rings. The van der Waals surface area contributed by atoms with Crippen molar-refractivity contribution in [1.82, 2.24) is 25.0 Å². The van der Waals surface area contributed by atoms with Gasteiger partial charge in [-0.25, -0.2) is 0 Å². The van der Waals surface area contributed by atoms with E-state index in [-0.39, 0.29) is 48.2 Å². The Labute approximate surface area is 224 Å². The predicted molar refractivity (Wildman–Crippen MR) is 145 cm³/mol. The molecule has 2 saturated heterocycles. The summed E-state index contributed by atoms with van der Waals surface area (Å²) in [5, 5.41) is 17.1. The number of aliphatic hydroxyl groups is 1. The number of para-hydroxylation sites is 1. The average Bonchev–Trinajstić information content (AvgIpc) is 3.72.